The zero-order valence-electron chi connectivity index (χ0n) is 10.00. The van der Waals surface area contributed by atoms with E-state index in [9.17, 15) is 4.79 Å². The van der Waals surface area contributed by atoms with E-state index in [1.165, 1.54) is 7.11 Å². The maximum Gasteiger partial charge on any atom is 0.356 e. The van der Waals surface area contributed by atoms with Gasteiger partial charge in [0, 0.05) is 0 Å². The molecule has 0 aliphatic heterocycles. The highest BCUT2D eigenvalue weighted by atomic mass is 16.5. The Labute approximate surface area is 105 Å². The number of para-hydroxylation sites is 1. The summed E-state index contributed by atoms with van der Waals surface area (Å²) in [5.74, 6) is 0.319. The summed E-state index contributed by atoms with van der Waals surface area (Å²) in [7, 11) is 1.33. The molecule has 0 atom stereocenters. The van der Waals surface area contributed by atoms with Crippen LogP contribution in [0.1, 0.15) is 16.2 Å². The molecule has 1 heterocycles. The van der Waals surface area contributed by atoms with Crippen LogP contribution in [-0.4, -0.2) is 18.1 Å². The number of carbonyl (C=O) groups is 1. The highest BCUT2D eigenvalue weighted by Gasteiger charge is 2.07. The fourth-order valence-electron chi connectivity index (χ4n) is 1.45. The molecule has 1 aromatic carbocycles. The molecule has 2 aromatic rings. The zero-order valence-corrected chi connectivity index (χ0v) is 10.00. The maximum absolute atomic E-state index is 11.3. The summed E-state index contributed by atoms with van der Waals surface area (Å²) in [6, 6.07) is 14.6. The van der Waals surface area contributed by atoms with Gasteiger partial charge >= 0.3 is 5.97 Å². The van der Waals surface area contributed by atoms with Crippen molar-refractivity contribution in [1.82, 2.24) is 4.98 Å². The number of ether oxygens (including phenoxy) is 2. The van der Waals surface area contributed by atoms with Gasteiger partial charge in [-0.3, -0.25) is 0 Å². The first-order chi connectivity index (χ1) is 8.79. The molecule has 0 spiro atoms. The highest BCUT2D eigenvalue weighted by molar-refractivity contribution is 5.87. The molecule has 0 aliphatic carbocycles. The molecule has 18 heavy (non-hydrogen) atoms. The number of hydrogen-bond acceptors (Lipinski definition) is 4. The summed E-state index contributed by atoms with van der Waals surface area (Å²) in [6.45, 7) is 0.314. The average Bonchev–Trinajstić information content (AvgIpc) is 2.45. The molecule has 0 aliphatic rings. The number of esters is 1. The van der Waals surface area contributed by atoms with Gasteiger partial charge < -0.3 is 9.47 Å². The molecular weight excluding hydrogens is 230 g/mol. The molecule has 92 valence electrons. The molecule has 0 bridgehead atoms. The lowest BCUT2D eigenvalue weighted by atomic mass is 10.3. The van der Waals surface area contributed by atoms with Crippen molar-refractivity contribution in [1.29, 1.82) is 0 Å². The number of methoxy groups -OCH3 is 1. The van der Waals surface area contributed by atoms with Crippen LogP contribution in [0.2, 0.25) is 0 Å². The van der Waals surface area contributed by atoms with Gasteiger partial charge in [0.05, 0.1) is 12.8 Å². The zero-order chi connectivity index (χ0) is 12.8. The molecule has 1 aromatic heterocycles. The third-order valence-corrected chi connectivity index (χ3v) is 2.33. The van der Waals surface area contributed by atoms with Crippen LogP contribution in [0.15, 0.2) is 48.5 Å². The Morgan fingerprint density at radius 2 is 1.89 bits per heavy atom. The summed E-state index contributed by atoms with van der Waals surface area (Å²) in [5, 5.41) is 0. The van der Waals surface area contributed by atoms with E-state index in [1.807, 2.05) is 30.3 Å². The number of rotatable bonds is 4. The van der Waals surface area contributed by atoms with Gasteiger partial charge in [-0.15, -0.1) is 0 Å². The van der Waals surface area contributed by atoms with Crippen LogP contribution in [0.3, 0.4) is 0 Å². The van der Waals surface area contributed by atoms with Crippen molar-refractivity contribution in [2.45, 2.75) is 6.61 Å². The van der Waals surface area contributed by atoms with Crippen molar-refractivity contribution in [3.05, 3.63) is 59.9 Å². The molecule has 0 unspecified atom stereocenters. The normalized spacial score (nSPS) is 9.83. The number of benzene rings is 1. The van der Waals surface area contributed by atoms with E-state index in [0.29, 0.717) is 12.3 Å². The Kier molecular flexibility index (Phi) is 3.91. The van der Waals surface area contributed by atoms with Crippen LogP contribution in [0, 0.1) is 0 Å². The van der Waals surface area contributed by atoms with E-state index in [2.05, 4.69) is 9.72 Å². The molecular formula is C14H13NO3. The molecule has 4 heteroatoms. The monoisotopic (exact) mass is 243 g/mol. The lowest BCUT2D eigenvalue weighted by molar-refractivity contribution is 0.0593. The fourth-order valence-corrected chi connectivity index (χ4v) is 1.45. The topological polar surface area (TPSA) is 48.4 Å². The van der Waals surface area contributed by atoms with Crippen molar-refractivity contribution >= 4 is 5.97 Å². The fraction of sp³-hybridized carbons (Fsp3) is 0.143. The molecule has 0 N–H and O–H groups in total. The van der Waals surface area contributed by atoms with Gasteiger partial charge in [-0.1, -0.05) is 24.3 Å². The molecule has 0 amide bonds. The highest BCUT2D eigenvalue weighted by Crippen LogP contribution is 2.11. The van der Waals surface area contributed by atoms with Crippen LogP contribution in [0.5, 0.6) is 5.75 Å². The maximum atomic E-state index is 11.3. The lowest BCUT2D eigenvalue weighted by Gasteiger charge is -2.06. The second-order valence-electron chi connectivity index (χ2n) is 3.61. The van der Waals surface area contributed by atoms with Gasteiger partial charge in [0.1, 0.15) is 18.1 Å². The van der Waals surface area contributed by atoms with E-state index in [0.717, 1.165) is 5.75 Å². The summed E-state index contributed by atoms with van der Waals surface area (Å²) < 4.78 is 10.2. The van der Waals surface area contributed by atoms with Gasteiger partial charge in [-0.05, 0) is 24.3 Å². The average molecular weight is 243 g/mol. The van der Waals surface area contributed by atoms with E-state index in [4.69, 9.17) is 4.74 Å². The van der Waals surface area contributed by atoms with Crippen molar-refractivity contribution in [3.8, 4) is 5.75 Å². The van der Waals surface area contributed by atoms with Crippen molar-refractivity contribution in [2.24, 2.45) is 0 Å². The van der Waals surface area contributed by atoms with Gasteiger partial charge in [-0.25, -0.2) is 9.78 Å². The first kappa shape index (κ1) is 12.1. The van der Waals surface area contributed by atoms with E-state index in [-0.39, 0.29) is 5.69 Å². The third kappa shape index (κ3) is 3.07. The second kappa shape index (κ2) is 5.82. The predicted octanol–water partition coefficient (Wildman–Crippen LogP) is 2.45. The van der Waals surface area contributed by atoms with Gasteiger partial charge in [0.2, 0.25) is 0 Å². The van der Waals surface area contributed by atoms with Crippen LogP contribution in [0.25, 0.3) is 0 Å². The van der Waals surface area contributed by atoms with E-state index < -0.39 is 5.97 Å². The summed E-state index contributed by atoms with van der Waals surface area (Å²) in [6.07, 6.45) is 0. The Bertz CT molecular complexity index is 526. The van der Waals surface area contributed by atoms with Crippen LogP contribution < -0.4 is 4.74 Å². The summed E-state index contributed by atoms with van der Waals surface area (Å²) in [4.78, 5) is 15.5. The quantitative estimate of drug-likeness (QED) is 0.774. The number of aromatic nitrogens is 1. The number of nitrogens with zero attached hydrogens (tertiary/aromatic N) is 1. The number of carbonyl (C=O) groups excluding carboxylic acids is 1. The minimum absolute atomic E-state index is 0.284. The van der Waals surface area contributed by atoms with E-state index >= 15 is 0 Å². The van der Waals surface area contributed by atoms with Crippen LogP contribution in [0.4, 0.5) is 0 Å². The Balaban J connectivity index is 2.04. The summed E-state index contributed by atoms with van der Waals surface area (Å²) in [5.41, 5.74) is 0.966. The smallest absolute Gasteiger partial charge is 0.356 e. The Morgan fingerprint density at radius 1 is 1.11 bits per heavy atom. The SMILES string of the molecule is COC(=O)c1cccc(COc2ccccc2)n1. The number of hydrogen-bond donors (Lipinski definition) is 0. The number of pyridine rings is 1. The first-order valence-corrected chi connectivity index (χ1v) is 5.51. The minimum atomic E-state index is -0.448. The van der Waals surface area contributed by atoms with Crippen molar-refractivity contribution < 1.29 is 14.3 Å². The molecule has 2 rings (SSSR count). The lowest BCUT2D eigenvalue weighted by Crippen LogP contribution is -2.07. The first-order valence-electron chi connectivity index (χ1n) is 5.51. The van der Waals surface area contributed by atoms with Gasteiger partial charge in [-0.2, -0.15) is 0 Å². The molecule has 0 saturated heterocycles. The largest absolute Gasteiger partial charge is 0.487 e. The van der Waals surface area contributed by atoms with Crippen molar-refractivity contribution in [2.75, 3.05) is 7.11 Å². The van der Waals surface area contributed by atoms with E-state index in [1.54, 1.807) is 18.2 Å². The second-order valence-corrected chi connectivity index (χ2v) is 3.61. The van der Waals surface area contributed by atoms with Gasteiger partial charge in [0.25, 0.3) is 0 Å². The standard InChI is InChI=1S/C14H13NO3/c1-17-14(16)13-9-5-6-11(15-13)10-18-12-7-3-2-4-8-12/h2-9H,10H2,1H3. The molecule has 4 nitrogen and oxygen atoms in total. The van der Waals surface area contributed by atoms with Crippen LogP contribution in [-0.2, 0) is 11.3 Å². The van der Waals surface area contributed by atoms with Gasteiger partial charge in [0.15, 0.2) is 0 Å². The molecule has 0 radical (unpaired) electrons. The molecule has 0 saturated carbocycles. The van der Waals surface area contributed by atoms with Crippen LogP contribution >= 0.6 is 0 Å². The minimum Gasteiger partial charge on any atom is -0.487 e. The summed E-state index contributed by atoms with van der Waals surface area (Å²) >= 11 is 0. The third-order valence-electron chi connectivity index (χ3n) is 2.33. The van der Waals surface area contributed by atoms with Crippen molar-refractivity contribution in [3.63, 3.8) is 0 Å². The predicted molar refractivity (Wildman–Crippen MR) is 66.4 cm³/mol. The molecule has 0 fully saturated rings. The Hall–Kier alpha value is -2.36. The Morgan fingerprint density at radius 3 is 2.61 bits per heavy atom.